The topological polar surface area (TPSA) is 60.2 Å². The van der Waals surface area contributed by atoms with Crippen LogP contribution in [-0.4, -0.2) is 26.0 Å². The zero-order valence-corrected chi connectivity index (χ0v) is 6.54. The average molecular weight is 172 g/mol. The predicted molar refractivity (Wildman–Crippen MR) is 38.5 cm³/mol. The molecule has 1 fully saturated rings. The number of rotatable bonds is 0. The maximum atomic E-state index is 10.6. The molecule has 0 amide bonds. The standard InChI is InChI=1S/C4H9NO2S.ClH/c5-4-1-2-8(6,7)3-4;/h4H,1-3,5H2;1H. The van der Waals surface area contributed by atoms with Gasteiger partial charge in [0.15, 0.2) is 9.84 Å². The first-order valence-electron chi connectivity index (χ1n) is 2.56. The monoisotopic (exact) mass is 171 g/mol. The molecular weight excluding hydrogens is 162 g/mol. The Balaban J connectivity index is 0.000000640. The van der Waals surface area contributed by atoms with Crippen LogP contribution < -0.4 is 5.73 Å². The van der Waals surface area contributed by atoms with E-state index in [0.29, 0.717) is 6.42 Å². The second-order valence-corrected chi connectivity index (χ2v) is 4.39. The Morgan fingerprint density at radius 2 is 2.00 bits per heavy atom. The van der Waals surface area contributed by atoms with Gasteiger partial charge in [-0.05, 0) is 6.42 Å². The third-order valence-corrected chi connectivity index (χ3v) is 3.06. The highest BCUT2D eigenvalue weighted by atomic mass is 35.5. The van der Waals surface area contributed by atoms with E-state index in [0.717, 1.165) is 0 Å². The summed E-state index contributed by atoms with van der Waals surface area (Å²) in [7, 11) is -2.72. The molecule has 1 saturated heterocycles. The van der Waals surface area contributed by atoms with Crippen LogP contribution in [0.15, 0.2) is 0 Å². The Morgan fingerprint density at radius 3 is 2.11 bits per heavy atom. The summed E-state index contributed by atoms with van der Waals surface area (Å²) in [5.74, 6) is 0.473. The van der Waals surface area contributed by atoms with Gasteiger partial charge in [0, 0.05) is 6.04 Å². The maximum Gasteiger partial charge on any atom is 0.151 e. The molecule has 1 rings (SSSR count). The second kappa shape index (κ2) is 2.86. The van der Waals surface area contributed by atoms with E-state index in [4.69, 9.17) is 5.73 Å². The van der Waals surface area contributed by atoms with Crippen LogP contribution in [0.5, 0.6) is 0 Å². The van der Waals surface area contributed by atoms with Crippen LogP contribution in [0.3, 0.4) is 0 Å². The van der Waals surface area contributed by atoms with Crippen LogP contribution >= 0.6 is 12.4 Å². The number of halogens is 1. The first-order chi connectivity index (χ1) is 3.60. The van der Waals surface area contributed by atoms with Gasteiger partial charge >= 0.3 is 0 Å². The smallest absolute Gasteiger partial charge is 0.151 e. The van der Waals surface area contributed by atoms with Crippen molar-refractivity contribution in [3.05, 3.63) is 0 Å². The van der Waals surface area contributed by atoms with E-state index in [9.17, 15) is 8.42 Å². The third kappa shape index (κ3) is 2.51. The molecule has 1 atom stereocenters. The largest absolute Gasteiger partial charge is 0.327 e. The van der Waals surface area contributed by atoms with Crippen molar-refractivity contribution in [1.29, 1.82) is 0 Å². The van der Waals surface area contributed by atoms with Crippen LogP contribution in [0.4, 0.5) is 0 Å². The van der Waals surface area contributed by atoms with Crippen LogP contribution in [0.2, 0.25) is 0 Å². The quantitative estimate of drug-likeness (QED) is 0.538. The minimum Gasteiger partial charge on any atom is -0.327 e. The number of sulfone groups is 1. The summed E-state index contributed by atoms with van der Waals surface area (Å²) in [6.07, 6.45) is 0.641. The van der Waals surface area contributed by atoms with Gasteiger partial charge in [-0.1, -0.05) is 0 Å². The van der Waals surface area contributed by atoms with Crippen molar-refractivity contribution in [2.75, 3.05) is 11.5 Å². The second-order valence-electron chi connectivity index (χ2n) is 2.16. The number of hydrogen-bond donors (Lipinski definition) is 1. The molecule has 0 aromatic heterocycles. The van der Waals surface area contributed by atoms with Crippen molar-refractivity contribution in [2.45, 2.75) is 12.5 Å². The van der Waals surface area contributed by atoms with Crippen LogP contribution in [0.1, 0.15) is 6.42 Å². The summed E-state index contributed by atoms with van der Waals surface area (Å²) in [6, 6.07) is -0.0972. The van der Waals surface area contributed by atoms with Gasteiger partial charge in [-0.15, -0.1) is 12.4 Å². The van der Waals surface area contributed by atoms with Crippen molar-refractivity contribution in [2.24, 2.45) is 5.73 Å². The molecule has 3 nitrogen and oxygen atoms in total. The molecule has 0 aromatic rings. The van der Waals surface area contributed by atoms with E-state index in [1.165, 1.54) is 0 Å². The molecule has 0 aliphatic carbocycles. The molecule has 1 heterocycles. The Labute approximate surface area is 60.9 Å². The number of hydrogen-bond acceptors (Lipinski definition) is 3. The van der Waals surface area contributed by atoms with E-state index in [2.05, 4.69) is 0 Å². The van der Waals surface area contributed by atoms with Crippen molar-refractivity contribution in [3.63, 3.8) is 0 Å². The molecule has 1 aliphatic rings. The first-order valence-corrected chi connectivity index (χ1v) is 4.38. The average Bonchev–Trinajstić information content (AvgIpc) is 1.82. The van der Waals surface area contributed by atoms with Gasteiger partial charge in [0.05, 0.1) is 11.5 Å². The Bertz CT molecular complexity index is 177. The summed E-state index contributed by atoms with van der Waals surface area (Å²) in [5, 5.41) is 0. The molecule has 0 bridgehead atoms. The first kappa shape index (κ1) is 9.20. The van der Waals surface area contributed by atoms with Crippen molar-refractivity contribution in [3.8, 4) is 0 Å². The third-order valence-electron chi connectivity index (χ3n) is 1.27. The zero-order chi connectivity index (χ0) is 6.20. The Morgan fingerprint density at radius 1 is 1.44 bits per heavy atom. The highest BCUT2D eigenvalue weighted by molar-refractivity contribution is 7.91. The van der Waals surface area contributed by atoms with Crippen LogP contribution in [0, 0.1) is 0 Å². The molecule has 2 N–H and O–H groups in total. The summed E-state index contributed by atoms with van der Waals surface area (Å²) in [6.45, 7) is 0. The normalized spacial score (nSPS) is 31.4. The van der Waals surface area contributed by atoms with Gasteiger partial charge in [0.25, 0.3) is 0 Å². The molecule has 0 radical (unpaired) electrons. The lowest BCUT2D eigenvalue weighted by molar-refractivity contribution is 0.601. The minimum absolute atomic E-state index is 0. The van der Waals surface area contributed by atoms with Crippen molar-refractivity contribution in [1.82, 2.24) is 0 Å². The van der Waals surface area contributed by atoms with E-state index >= 15 is 0 Å². The molecule has 9 heavy (non-hydrogen) atoms. The van der Waals surface area contributed by atoms with E-state index in [1.54, 1.807) is 0 Å². The summed E-state index contributed by atoms with van der Waals surface area (Å²) < 4.78 is 21.1. The lowest BCUT2D eigenvalue weighted by atomic mass is 10.3. The number of nitrogens with two attached hydrogens (primary N) is 1. The van der Waals surface area contributed by atoms with Gasteiger partial charge in [0.2, 0.25) is 0 Å². The van der Waals surface area contributed by atoms with Gasteiger partial charge in [0.1, 0.15) is 0 Å². The minimum atomic E-state index is -2.72. The van der Waals surface area contributed by atoms with Crippen molar-refractivity contribution >= 4 is 22.2 Å². The van der Waals surface area contributed by atoms with Gasteiger partial charge in [-0.2, -0.15) is 0 Å². The molecule has 0 saturated carbocycles. The molecule has 56 valence electrons. The van der Waals surface area contributed by atoms with Gasteiger partial charge in [-0.25, -0.2) is 8.42 Å². The lowest BCUT2D eigenvalue weighted by Crippen LogP contribution is -2.20. The molecular formula is C4H10ClNO2S. The molecule has 5 heteroatoms. The van der Waals surface area contributed by atoms with Gasteiger partial charge in [-0.3, -0.25) is 0 Å². The summed E-state index contributed by atoms with van der Waals surface area (Å²) in [4.78, 5) is 0. The summed E-state index contributed by atoms with van der Waals surface area (Å²) >= 11 is 0. The predicted octanol–water partition coefficient (Wildman–Crippen LogP) is -0.446. The van der Waals surface area contributed by atoms with E-state index in [-0.39, 0.29) is 30.0 Å². The van der Waals surface area contributed by atoms with Crippen LogP contribution in [0.25, 0.3) is 0 Å². The van der Waals surface area contributed by atoms with E-state index in [1.807, 2.05) is 0 Å². The molecule has 1 unspecified atom stereocenters. The SMILES string of the molecule is Cl.NC1CCS(=O)(=O)C1. The fourth-order valence-corrected chi connectivity index (χ4v) is 2.47. The fourth-order valence-electron chi connectivity index (χ4n) is 0.824. The highest BCUT2D eigenvalue weighted by Gasteiger charge is 2.24. The fraction of sp³-hybridized carbons (Fsp3) is 1.00. The highest BCUT2D eigenvalue weighted by Crippen LogP contribution is 2.07. The molecule has 0 spiro atoms. The maximum absolute atomic E-state index is 10.6. The van der Waals surface area contributed by atoms with E-state index < -0.39 is 9.84 Å². The summed E-state index contributed by atoms with van der Waals surface area (Å²) in [5.41, 5.74) is 5.33. The Hall–Kier alpha value is 0.200. The molecule has 1 aliphatic heterocycles. The molecule has 0 aromatic carbocycles. The van der Waals surface area contributed by atoms with Gasteiger partial charge < -0.3 is 5.73 Å². The van der Waals surface area contributed by atoms with Crippen molar-refractivity contribution < 1.29 is 8.42 Å². The van der Waals surface area contributed by atoms with Crippen LogP contribution in [-0.2, 0) is 9.84 Å². The Kier molecular flexibility index (Phi) is 2.92. The lowest BCUT2D eigenvalue weighted by Gasteiger charge is -1.91. The zero-order valence-electron chi connectivity index (χ0n) is 4.91.